The first-order chi connectivity index (χ1) is 17.1. The Bertz CT molecular complexity index is 1440. The molecule has 0 spiro atoms. The van der Waals surface area contributed by atoms with E-state index in [0.29, 0.717) is 42.5 Å². The fourth-order valence-corrected chi connectivity index (χ4v) is 5.12. The van der Waals surface area contributed by atoms with E-state index in [1.54, 1.807) is 6.07 Å². The molecule has 1 N–H and O–H groups in total. The zero-order valence-corrected chi connectivity index (χ0v) is 20.0. The van der Waals surface area contributed by atoms with Gasteiger partial charge in [-0.15, -0.1) is 0 Å². The topological polar surface area (TPSA) is 87.4 Å². The van der Waals surface area contributed by atoms with Crippen LogP contribution in [0.3, 0.4) is 0 Å². The molecule has 6 rings (SSSR count). The zero-order valence-electron chi connectivity index (χ0n) is 19.2. The summed E-state index contributed by atoms with van der Waals surface area (Å²) < 4.78 is 5.46. The first kappa shape index (κ1) is 21.8. The van der Waals surface area contributed by atoms with E-state index < -0.39 is 0 Å². The Balaban J connectivity index is 1.47. The largest absolute Gasteiger partial charge is 0.378 e. The van der Waals surface area contributed by atoms with E-state index in [1.165, 1.54) is 5.56 Å². The molecule has 0 radical (unpaired) electrons. The Morgan fingerprint density at radius 3 is 2.66 bits per heavy atom. The van der Waals surface area contributed by atoms with Gasteiger partial charge in [0.2, 0.25) is 5.95 Å². The number of morpholine rings is 1. The van der Waals surface area contributed by atoms with Crippen LogP contribution in [0, 0.1) is 13.5 Å². The first-order valence-corrected chi connectivity index (χ1v) is 11.9. The third-order valence-electron chi connectivity index (χ3n) is 6.56. The molecule has 0 saturated carbocycles. The lowest BCUT2D eigenvalue weighted by molar-refractivity contribution is 0.122. The minimum atomic E-state index is -0.232. The van der Waals surface area contributed by atoms with Gasteiger partial charge in [0.05, 0.1) is 13.2 Å². The van der Waals surface area contributed by atoms with Crippen LogP contribution < -0.4 is 9.80 Å². The smallest absolute Gasteiger partial charge is 0.323 e. The van der Waals surface area contributed by atoms with Crippen molar-refractivity contribution >= 4 is 40.2 Å². The molecule has 9 nitrogen and oxygen atoms in total. The summed E-state index contributed by atoms with van der Waals surface area (Å²) >= 11 is 6.33. The molecule has 1 fully saturated rings. The third kappa shape index (κ3) is 3.95. The highest BCUT2D eigenvalue weighted by Gasteiger charge is 2.35. The van der Waals surface area contributed by atoms with Gasteiger partial charge in [0.25, 0.3) is 5.82 Å². The second kappa shape index (κ2) is 8.80. The molecule has 2 aliphatic rings. The Labute approximate surface area is 207 Å². The SMILES string of the molecule is [C-]#[N+]c1cc(C)nc(N2CCc3c([nH]c4ccc(Cl)cc34)C2c2cnc(N3CCOCC3)nc2)n1. The lowest BCUT2D eigenvalue weighted by Gasteiger charge is -2.34. The van der Waals surface area contributed by atoms with Crippen molar-refractivity contribution in [3.63, 3.8) is 0 Å². The van der Waals surface area contributed by atoms with Crippen molar-refractivity contribution in [1.29, 1.82) is 0 Å². The van der Waals surface area contributed by atoms with Crippen LogP contribution in [-0.2, 0) is 11.2 Å². The Morgan fingerprint density at radius 1 is 1.09 bits per heavy atom. The Hall–Kier alpha value is -3.74. The van der Waals surface area contributed by atoms with E-state index in [-0.39, 0.29) is 6.04 Å². The number of ether oxygens (including phenoxy) is 1. The highest BCUT2D eigenvalue weighted by atomic mass is 35.5. The predicted octanol–water partition coefficient (Wildman–Crippen LogP) is 4.25. The first-order valence-electron chi connectivity index (χ1n) is 11.5. The summed E-state index contributed by atoms with van der Waals surface area (Å²) in [5.74, 6) is 1.56. The van der Waals surface area contributed by atoms with E-state index in [4.69, 9.17) is 32.9 Å². The molecule has 176 valence electrons. The summed E-state index contributed by atoms with van der Waals surface area (Å²) in [5, 5.41) is 1.83. The molecule has 1 unspecified atom stereocenters. The van der Waals surface area contributed by atoms with Crippen LogP contribution in [-0.4, -0.2) is 57.8 Å². The number of halogens is 1. The minimum Gasteiger partial charge on any atom is -0.378 e. The summed E-state index contributed by atoms with van der Waals surface area (Å²) in [6.07, 6.45) is 4.56. The monoisotopic (exact) mass is 486 g/mol. The van der Waals surface area contributed by atoms with Crippen molar-refractivity contribution in [1.82, 2.24) is 24.9 Å². The number of benzene rings is 1. The normalized spacial score (nSPS) is 17.9. The predicted molar refractivity (Wildman–Crippen MR) is 134 cm³/mol. The van der Waals surface area contributed by atoms with Gasteiger partial charge in [-0.25, -0.2) is 9.97 Å². The van der Waals surface area contributed by atoms with Gasteiger partial charge >= 0.3 is 5.95 Å². The lowest BCUT2D eigenvalue weighted by Crippen LogP contribution is -2.38. The average Bonchev–Trinajstić information content (AvgIpc) is 3.26. The lowest BCUT2D eigenvalue weighted by atomic mass is 9.94. The van der Waals surface area contributed by atoms with Crippen molar-refractivity contribution < 1.29 is 4.74 Å². The van der Waals surface area contributed by atoms with Crippen LogP contribution in [0.4, 0.5) is 17.7 Å². The molecular weight excluding hydrogens is 464 g/mol. The van der Waals surface area contributed by atoms with Gasteiger partial charge in [-0.1, -0.05) is 23.2 Å². The zero-order chi connectivity index (χ0) is 23.9. The number of hydrogen-bond donors (Lipinski definition) is 1. The van der Waals surface area contributed by atoms with Crippen LogP contribution in [0.15, 0.2) is 36.7 Å². The summed E-state index contributed by atoms with van der Waals surface area (Å²) in [4.78, 5) is 30.1. The number of H-pyrrole nitrogens is 1. The average molecular weight is 487 g/mol. The van der Waals surface area contributed by atoms with Crippen LogP contribution in [0.5, 0.6) is 0 Å². The van der Waals surface area contributed by atoms with E-state index in [2.05, 4.69) is 29.6 Å². The molecule has 5 heterocycles. The maximum atomic E-state index is 7.46. The highest BCUT2D eigenvalue weighted by Crippen LogP contribution is 2.40. The molecule has 1 aromatic carbocycles. The van der Waals surface area contributed by atoms with Crippen LogP contribution in [0.25, 0.3) is 15.7 Å². The number of aromatic amines is 1. The van der Waals surface area contributed by atoms with Crippen LogP contribution >= 0.6 is 11.6 Å². The molecule has 0 amide bonds. The number of hydrogen-bond acceptors (Lipinski definition) is 7. The molecule has 2 aliphatic heterocycles. The van der Waals surface area contributed by atoms with Gasteiger partial charge in [0, 0.05) is 64.9 Å². The molecule has 35 heavy (non-hydrogen) atoms. The molecule has 1 atom stereocenters. The van der Waals surface area contributed by atoms with Gasteiger partial charge in [-0.3, -0.25) is 0 Å². The molecule has 10 heteroatoms. The van der Waals surface area contributed by atoms with Crippen molar-refractivity contribution in [2.75, 3.05) is 42.6 Å². The fourth-order valence-electron chi connectivity index (χ4n) is 4.94. The molecular formula is C25H23ClN8O. The number of rotatable bonds is 3. The van der Waals surface area contributed by atoms with Crippen molar-refractivity contribution in [3.8, 4) is 0 Å². The summed E-state index contributed by atoms with van der Waals surface area (Å²) in [6, 6.07) is 7.38. The molecule has 4 aromatic rings. The van der Waals surface area contributed by atoms with E-state index in [0.717, 1.165) is 47.4 Å². The quantitative estimate of drug-likeness (QED) is 0.433. The maximum absolute atomic E-state index is 7.46. The van der Waals surface area contributed by atoms with Gasteiger partial charge in [0.15, 0.2) is 0 Å². The second-order valence-corrected chi connectivity index (χ2v) is 9.18. The van der Waals surface area contributed by atoms with Crippen LogP contribution in [0.1, 0.15) is 28.6 Å². The number of fused-ring (bicyclic) bond motifs is 3. The molecule has 0 aliphatic carbocycles. The minimum absolute atomic E-state index is 0.232. The highest BCUT2D eigenvalue weighted by molar-refractivity contribution is 6.31. The van der Waals surface area contributed by atoms with Crippen LogP contribution in [0.2, 0.25) is 5.02 Å². The standard InChI is InChI=1S/C25H23ClN8O/c1-15-11-21(27-2)32-25(30-15)34-6-5-18-19-12-17(26)3-4-20(19)31-22(18)23(34)16-13-28-24(29-14-16)33-7-9-35-10-8-33/h3-4,11-14,23,31H,5-10H2,1H3. The fraction of sp³-hybridized carbons (Fsp3) is 0.320. The van der Waals surface area contributed by atoms with Crippen molar-refractivity contribution in [3.05, 3.63) is 75.6 Å². The molecule has 0 bridgehead atoms. The summed E-state index contributed by atoms with van der Waals surface area (Å²) in [6.45, 7) is 12.9. The number of aryl methyl sites for hydroxylation is 1. The summed E-state index contributed by atoms with van der Waals surface area (Å²) in [5.41, 5.74) is 4.98. The Morgan fingerprint density at radius 2 is 1.89 bits per heavy atom. The van der Waals surface area contributed by atoms with E-state index in [1.807, 2.05) is 37.5 Å². The van der Waals surface area contributed by atoms with Crippen molar-refractivity contribution in [2.24, 2.45) is 0 Å². The van der Waals surface area contributed by atoms with Gasteiger partial charge in [-0.05, 0) is 43.2 Å². The van der Waals surface area contributed by atoms with Gasteiger partial charge < -0.3 is 24.4 Å². The Kier molecular flexibility index (Phi) is 5.47. The second-order valence-electron chi connectivity index (χ2n) is 8.75. The van der Waals surface area contributed by atoms with E-state index in [9.17, 15) is 0 Å². The maximum Gasteiger partial charge on any atom is 0.323 e. The van der Waals surface area contributed by atoms with Gasteiger partial charge in [-0.2, -0.15) is 4.98 Å². The third-order valence-corrected chi connectivity index (χ3v) is 6.79. The van der Waals surface area contributed by atoms with Crippen molar-refractivity contribution in [2.45, 2.75) is 19.4 Å². The number of nitrogens with zero attached hydrogens (tertiary/aromatic N) is 7. The molecule has 1 saturated heterocycles. The summed E-state index contributed by atoms with van der Waals surface area (Å²) in [7, 11) is 0. The molecule has 3 aromatic heterocycles. The number of anilines is 2. The van der Waals surface area contributed by atoms with E-state index >= 15 is 0 Å². The van der Waals surface area contributed by atoms with Gasteiger partial charge in [0.1, 0.15) is 6.04 Å². The number of aromatic nitrogens is 5. The number of nitrogens with one attached hydrogen (secondary N) is 1.